The Kier molecular flexibility index (Phi) is 4.54. The Bertz CT molecular complexity index is 684. The van der Waals surface area contributed by atoms with Crippen LogP contribution in [-0.2, 0) is 4.74 Å². The number of ether oxygens (including phenoxy) is 1. The van der Waals surface area contributed by atoms with E-state index in [-0.39, 0.29) is 15.3 Å². The predicted octanol–water partition coefficient (Wildman–Crippen LogP) is 1.02. The first kappa shape index (κ1) is 15.5. The average Bonchev–Trinajstić information content (AvgIpc) is 2.72. The standard InChI is InChI=1S/C9H9BrIN5O4/c10-4-2-16(8(19)13-7(4)18)6-1-5(17)9(3-11,20-6)14-15-12/h2,5-6,17H,1,3H2,(H,13,18,19)/t5-,6+,9+/m0/s1. The third-order valence-electron chi connectivity index (χ3n) is 2.93. The molecule has 2 N–H and O–H groups in total. The van der Waals surface area contributed by atoms with Crippen LogP contribution in [-0.4, -0.2) is 30.9 Å². The molecule has 9 nitrogen and oxygen atoms in total. The summed E-state index contributed by atoms with van der Waals surface area (Å²) in [6.45, 7) is 0. The number of aromatic amines is 1. The molecule has 1 aliphatic rings. The van der Waals surface area contributed by atoms with Crippen molar-refractivity contribution in [2.45, 2.75) is 24.5 Å². The zero-order chi connectivity index (χ0) is 14.9. The van der Waals surface area contributed by atoms with Gasteiger partial charge in [-0.25, -0.2) is 4.79 Å². The van der Waals surface area contributed by atoms with Gasteiger partial charge in [0.15, 0.2) is 5.72 Å². The smallest absolute Gasteiger partial charge is 0.330 e. The van der Waals surface area contributed by atoms with E-state index in [9.17, 15) is 14.7 Å². The molecule has 2 heterocycles. The van der Waals surface area contributed by atoms with Crippen molar-refractivity contribution >= 4 is 38.5 Å². The van der Waals surface area contributed by atoms with Crippen LogP contribution in [0.1, 0.15) is 12.6 Å². The number of aliphatic hydroxyl groups is 1. The van der Waals surface area contributed by atoms with Crippen molar-refractivity contribution in [2.75, 3.05) is 4.43 Å². The second kappa shape index (κ2) is 5.85. The van der Waals surface area contributed by atoms with Crippen molar-refractivity contribution in [3.8, 4) is 0 Å². The van der Waals surface area contributed by atoms with Crippen LogP contribution in [0.2, 0.25) is 0 Å². The molecule has 1 aliphatic heterocycles. The van der Waals surface area contributed by atoms with Gasteiger partial charge in [0.2, 0.25) is 0 Å². The molecule has 11 heteroatoms. The van der Waals surface area contributed by atoms with Crippen molar-refractivity contribution in [1.82, 2.24) is 9.55 Å². The van der Waals surface area contributed by atoms with E-state index in [0.29, 0.717) is 0 Å². The Morgan fingerprint density at radius 3 is 3.05 bits per heavy atom. The second-order valence-electron chi connectivity index (χ2n) is 4.14. The summed E-state index contributed by atoms with van der Waals surface area (Å²) in [5, 5.41) is 13.5. The highest BCUT2D eigenvalue weighted by molar-refractivity contribution is 14.1. The number of nitrogens with zero attached hydrogens (tertiary/aromatic N) is 4. The third-order valence-corrected chi connectivity index (χ3v) is 4.58. The first-order valence-corrected chi connectivity index (χ1v) is 7.74. The summed E-state index contributed by atoms with van der Waals surface area (Å²) in [5.74, 6) is 0. The molecule has 1 saturated heterocycles. The summed E-state index contributed by atoms with van der Waals surface area (Å²) < 4.78 is 7.08. The lowest BCUT2D eigenvalue weighted by Gasteiger charge is -2.24. The van der Waals surface area contributed by atoms with Gasteiger partial charge >= 0.3 is 5.69 Å². The van der Waals surface area contributed by atoms with E-state index < -0.39 is 29.3 Å². The first-order chi connectivity index (χ1) is 9.43. The quantitative estimate of drug-likeness (QED) is 0.230. The van der Waals surface area contributed by atoms with Crippen LogP contribution in [0.25, 0.3) is 10.4 Å². The van der Waals surface area contributed by atoms with Crippen LogP contribution in [0.15, 0.2) is 25.4 Å². The van der Waals surface area contributed by atoms with E-state index in [1.165, 1.54) is 6.20 Å². The fraction of sp³-hybridized carbons (Fsp3) is 0.556. The lowest BCUT2D eigenvalue weighted by Crippen LogP contribution is -2.39. The summed E-state index contributed by atoms with van der Waals surface area (Å²) in [4.78, 5) is 27.8. The van der Waals surface area contributed by atoms with E-state index in [1.807, 2.05) is 22.6 Å². The van der Waals surface area contributed by atoms with E-state index in [2.05, 4.69) is 30.9 Å². The van der Waals surface area contributed by atoms with Gasteiger partial charge in [-0.15, -0.1) is 0 Å². The number of azide groups is 1. The Hall–Kier alpha value is -0.880. The fourth-order valence-corrected chi connectivity index (χ4v) is 3.06. The molecule has 0 amide bonds. The van der Waals surface area contributed by atoms with Crippen LogP contribution >= 0.6 is 38.5 Å². The number of nitrogens with one attached hydrogen (secondary N) is 1. The highest BCUT2D eigenvalue weighted by atomic mass is 127. The zero-order valence-corrected chi connectivity index (χ0v) is 13.6. The number of hydrogen-bond acceptors (Lipinski definition) is 5. The summed E-state index contributed by atoms with van der Waals surface area (Å²) in [6, 6.07) is 0. The predicted molar refractivity (Wildman–Crippen MR) is 80.5 cm³/mol. The minimum Gasteiger partial charge on any atom is -0.390 e. The van der Waals surface area contributed by atoms with Crippen molar-refractivity contribution in [3.63, 3.8) is 0 Å². The van der Waals surface area contributed by atoms with E-state index in [1.54, 1.807) is 0 Å². The molecule has 0 aromatic carbocycles. The molecular weight excluding hydrogens is 449 g/mol. The molecule has 0 radical (unpaired) electrons. The molecule has 108 valence electrons. The molecule has 0 saturated carbocycles. The topological polar surface area (TPSA) is 133 Å². The number of aromatic nitrogens is 2. The van der Waals surface area contributed by atoms with Crippen LogP contribution < -0.4 is 11.2 Å². The molecule has 1 aromatic rings. The van der Waals surface area contributed by atoms with Gasteiger partial charge < -0.3 is 9.84 Å². The molecule has 0 bridgehead atoms. The Morgan fingerprint density at radius 1 is 1.75 bits per heavy atom. The van der Waals surface area contributed by atoms with Crippen molar-refractivity contribution in [1.29, 1.82) is 0 Å². The summed E-state index contributed by atoms with van der Waals surface area (Å²) >= 11 is 4.94. The maximum absolute atomic E-state index is 11.8. The van der Waals surface area contributed by atoms with E-state index in [0.717, 1.165) is 4.57 Å². The van der Waals surface area contributed by atoms with Gasteiger partial charge in [-0.2, -0.15) is 0 Å². The number of halogens is 2. The van der Waals surface area contributed by atoms with Crippen molar-refractivity contribution in [3.05, 3.63) is 42.0 Å². The second-order valence-corrected chi connectivity index (χ2v) is 5.75. The maximum Gasteiger partial charge on any atom is 0.330 e. The van der Waals surface area contributed by atoms with Crippen LogP contribution in [0.4, 0.5) is 0 Å². The minimum absolute atomic E-state index is 0.0699. The number of alkyl halides is 1. The molecule has 0 aliphatic carbocycles. The lowest BCUT2D eigenvalue weighted by atomic mass is 10.1. The monoisotopic (exact) mass is 457 g/mol. The molecular formula is C9H9BrIN5O4. The zero-order valence-electron chi connectivity index (χ0n) is 9.86. The molecule has 3 atom stereocenters. The molecule has 0 unspecified atom stereocenters. The van der Waals surface area contributed by atoms with Crippen LogP contribution in [0.3, 0.4) is 0 Å². The van der Waals surface area contributed by atoms with Gasteiger partial charge in [0.25, 0.3) is 5.56 Å². The summed E-state index contributed by atoms with van der Waals surface area (Å²) in [5.41, 5.74) is 5.94. The third kappa shape index (κ3) is 2.63. The van der Waals surface area contributed by atoms with Crippen LogP contribution in [0, 0.1) is 0 Å². The summed E-state index contributed by atoms with van der Waals surface area (Å²) in [7, 11) is 0. The largest absolute Gasteiger partial charge is 0.390 e. The van der Waals surface area contributed by atoms with Gasteiger partial charge in [-0.3, -0.25) is 14.3 Å². The van der Waals surface area contributed by atoms with Gasteiger partial charge in [0, 0.05) is 22.0 Å². The van der Waals surface area contributed by atoms with Gasteiger partial charge in [0.05, 0.1) is 10.6 Å². The van der Waals surface area contributed by atoms with Crippen molar-refractivity contribution in [2.24, 2.45) is 5.11 Å². The Morgan fingerprint density at radius 2 is 2.45 bits per heavy atom. The molecule has 2 rings (SSSR count). The fourth-order valence-electron chi connectivity index (χ4n) is 1.90. The maximum atomic E-state index is 11.8. The molecule has 1 aromatic heterocycles. The Labute approximate surface area is 133 Å². The molecule has 0 spiro atoms. The number of aliphatic hydroxyl groups excluding tert-OH is 1. The van der Waals surface area contributed by atoms with Crippen LogP contribution in [0.5, 0.6) is 0 Å². The lowest BCUT2D eigenvalue weighted by molar-refractivity contribution is -0.0820. The van der Waals surface area contributed by atoms with Gasteiger partial charge in [-0.1, -0.05) is 27.7 Å². The number of H-pyrrole nitrogens is 1. The van der Waals surface area contributed by atoms with E-state index in [4.69, 9.17) is 10.3 Å². The first-order valence-electron chi connectivity index (χ1n) is 5.42. The highest BCUT2D eigenvalue weighted by Crippen LogP contribution is 2.38. The number of hydrogen-bond donors (Lipinski definition) is 2. The van der Waals surface area contributed by atoms with Gasteiger partial charge in [0.1, 0.15) is 6.23 Å². The SMILES string of the molecule is [N-]=[N+]=N[C@]1(CI)O[C@@H](n2cc(Br)c(=O)[nH]c2=O)C[C@@H]1O. The Balaban J connectivity index is 2.43. The summed E-state index contributed by atoms with van der Waals surface area (Å²) in [6.07, 6.45) is -0.526. The average molecular weight is 458 g/mol. The van der Waals surface area contributed by atoms with Crippen molar-refractivity contribution < 1.29 is 9.84 Å². The van der Waals surface area contributed by atoms with E-state index >= 15 is 0 Å². The minimum atomic E-state index is -1.41. The van der Waals surface area contributed by atoms with Gasteiger partial charge in [-0.05, 0) is 21.5 Å². The normalized spacial score (nSPS) is 29.1. The molecule has 20 heavy (non-hydrogen) atoms. The molecule has 1 fully saturated rings. The highest BCUT2D eigenvalue weighted by Gasteiger charge is 2.48. The number of rotatable bonds is 3.